The van der Waals surface area contributed by atoms with E-state index in [9.17, 15) is 9.59 Å². The van der Waals surface area contributed by atoms with Crippen molar-refractivity contribution in [2.75, 3.05) is 32.2 Å². The normalized spacial score (nSPS) is 9.95. The molecule has 1 heterocycles. The molecule has 0 unspecified atom stereocenters. The SMILES string of the molecule is COCCNC(=O)OCc1cccnc1N(C)C(=O)Cl. The zero-order chi connectivity index (χ0) is 15.0. The Morgan fingerprint density at radius 3 is 2.90 bits per heavy atom. The Morgan fingerprint density at radius 1 is 1.50 bits per heavy atom. The van der Waals surface area contributed by atoms with Crippen LogP contribution in [0.2, 0.25) is 0 Å². The molecule has 0 saturated carbocycles. The molecule has 7 nitrogen and oxygen atoms in total. The maximum absolute atomic E-state index is 11.4. The van der Waals surface area contributed by atoms with Crippen LogP contribution < -0.4 is 10.2 Å². The van der Waals surface area contributed by atoms with E-state index in [1.54, 1.807) is 12.1 Å². The van der Waals surface area contributed by atoms with Crippen LogP contribution in [0.4, 0.5) is 15.4 Å². The summed E-state index contributed by atoms with van der Waals surface area (Å²) in [6.07, 6.45) is 0.949. The fourth-order valence-electron chi connectivity index (χ4n) is 1.38. The Bertz CT molecular complexity index is 470. The summed E-state index contributed by atoms with van der Waals surface area (Å²) in [5.74, 6) is 0.345. The van der Waals surface area contributed by atoms with Gasteiger partial charge in [-0.3, -0.25) is 9.69 Å². The van der Waals surface area contributed by atoms with E-state index in [4.69, 9.17) is 21.1 Å². The number of rotatable bonds is 6. The number of ether oxygens (including phenoxy) is 2. The molecule has 0 aromatic carbocycles. The number of carbonyl (C=O) groups excluding carboxylic acids is 2. The van der Waals surface area contributed by atoms with Gasteiger partial charge in [0, 0.05) is 32.5 Å². The van der Waals surface area contributed by atoms with E-state index in [1.165, 1.54) is 25.3 Å². The van der Waals surface area contributed by atoms with Crippen molar-refractivity contribution in [2.24, 2.45) is 0 Å². The van der Waals surface area contributed by atoms with Gasteiger partial charge in [0.15, 0.2) is 0 Å². The number of aromatic nitrogens is 1. The minimum atomic E-state index is -0.672. The highest BCUT2D eigenvalue weighted by Crippen LogP contribution is 2.18. The number of halogens is 1. The number of hydrogen-bond donors (Lipinski definition) is 1. The summed E-state index contributed by atoms with van der Waals surface area (Å²) in [4.78, 5) is 27.7. The van der Waals surface area contributed by atoms with Gasteiger partial charge in [-0.05, 0) is 17.7 Å². The van der Waals surface area contributed by atoms with Crippen LogP contribution in [0.25, 0.3) is 0 Å². The number of alkyl carbamates (subject to hydrolysis) is 1. The second-order valence-electron chi connectivity index (χ2n) is 3.79. The molecule has 0 aliphatic carbocycles. The van der Waals surface area contributed by atoms with Crippen molar-refractivity contribution >= 4 is 28.9 Å². The molecule has 0 atom stereocenters. The molecule has 1 aromatic heterocycles. The molecule has 1 aromatic rings. The molecule has 2 amide bonds. The molecule has 0 spiro atoms. The van der Waals surface area contributed by atoms with Gasteiger partial charge in [-0.2, -0.15) is 0 Å². The van der Waals surface area contributed by atoms with Gasteiger partial charge in [0.25, 0.3) is 0 Å². The summed E-state index contributed by atoms with van der Waals surface area (Å²) in [7, 11) is 3.02. The van der Waals surface area contributed by atoms with E-state index in [-0.39, 0.29) is 6.61 Å². The van der Waals surface area contributed by atoms with Crippen LogP contribution in [0.15, 0.2) is 18.3 Å². The standard InChI is InChI=1S/C12H16ClN3O4/c1-16(11(13)17)10-9(4-3-5-14-10)8-20-12(18)15-6-7-19-2/h3-5H,6-8H2,1-2H3,(H,15,18). The van der Waals surface area contributed by atoms with Crippen molar-refractivity contribution in [3.63, 3.8) is 0 Å². The number of carbonyl (C=O) groups is 2. The Morgan fingerprint density at radius 2 is 2.25 bits per heavy atom. The molecule has 20 heavy (non-hydrogen) atoms. The minimum Gasteiger partial charge on any atom is -0.445 e. The van der Waals surface area contributed by atoms with Crippen molar-refractivity contribution in [2.45, 2.75) is 6.61 Å². The fraction of sp³-hybridized carbons (Fsp3) is 0.417. The Balaban J connectivity index is 2.59. The van der Waals surface area contributed by atoms with Gasteiger partial charge in [-0.1, -0.05) is 6.07 Å². The number of pyridine rings is 1. The van der Waals surface area contributed by atoms with Crippen LogP contribution in [0.5, 0.6) is 0 Å². The van der Waals surface area contributed by atoms with Crippen LogP contribution in [0.1, 0.15) is 5.56 Å². The Kier molecular flexibility index (Phi) is 6.75. The Hall–Kier alpha value is -1.86. The molecule has 0 bridgehead atoms. The van der Waals surface area contributed by atoms with E-state index in [1.807, 2.05) is 0 Å². The number of hydrogen-bond acceptors (Lipinski definition) is 5. The third-order valence-electron chi connectivity index (χ3n) is 2.38. The molecule has 1 rings (SSSR count). The van der Waals surface area contributed by atoms with Crippen molar-refractivity contribution in [3.05, 3.63) is 23.9 Å². The van der Waals surface area contributed by atoms with Gasteiger partial charge in [0.05, 0.1) is 6.61 Å². The predicted octanol–water partition coefficient (Wildman–Crippen LogP) is 1.75. The van der Waals surface area contributed by atoms with E-state index in [0.29, 0.717) is 24.5 Å². The lowest BCUT2D eigenvalue weighted by Crippen LogP contribution is -2.28. The molecule has 8 heteroatoms. The minimum absolute atomic E-state index is 0.0174. The van der Waals surface area contributed by atoms with Crippen LogP contribution in [0.3, 0.4) is 0 Å². The fourth-order valence-corrected chi connectivity index (χ4v) is 1.46. The quantitative estimate of drug-likeness (QED) is 0.492. The van der Waals surface area contributed by atoms with E-state index in [2.05, 4.69) is 10.3 Å². The molecule has 0 aliphatic heterocycles. The lowest BCUT2D eigenvalue weighted by atomic mass is 10.2. The molecular formula is C12H16ClN3O4. The van der Waals surface area contributed by atoms with Crippen LogP contribution in [-0.4, -0.2) is 43.8 Å². The number of anilines is 1. The monoisotopic (exact) mass is 301 g/mol. The van der Waals surface area contributed by atoms with Gasteiger partial charge < -0.3 is 14.8 Å². The van der Waals surface area contributed by atoms with Crippen LogP contribution >= 0.6 is 11.6 Å². The van der Waals surface area contributed by atoms with Crippen molar-refractivity contribution in [1.29, 1.82) is 0 Å². The van der Waals surface area contributed by atoms with Gasteiger partial charge in [0.1, 0.15) is 12.4 Å². The second-order valence-corrected chi connectivity index (χ2v) is 4.12. The lowest BCUT2D eigenvalue weighted by Gasteiger charge is -2.16. The number of nitrogens with zero attached hydrogens (tertiary/aromatic N) is 2. The first-order valence-corrected chi connectivity index (χ1v) is 6.20. The van der Waals surface area contributed by atoms with Crippen molar-refractivity contribution in [1.82, 2.24) is 10.3 Å². The molecule has 1 N–H and O–H groups in total. The van der Waals surface area contributed by atoms with E-state index < -0.39 is 11.5 Å². The Labute approximate surface area is 121 Å². The highest BCUT2D eigenvalue weighted by atomic mass is 35.5. The summed E-state index contributed by atoms with van der Waals surface area (Å²) in [6.45, 7) is 0.739. The average molecular weight is 302 g/mol. The topological polar surface area (TPSA) is 80.8 Å². The van der Waals surface area contributed by atoms with E-state index in [0.717, 1.165) is 0 Å². The summed E-state index contributed by atoms with van der Waals surface area (Å²) in [5, 5.41) is 1.84. The number of nitrogens with one attached hydrogen (secondary N) is 1. The van der Waals surface area contributed by atoms with E-state index >= 15 is 0 Å². The third-order valence-corrected chi connectivity index (χ3v) is 2.64. The summed E-state index contributed by atoms with van der Waals surface area (Å²) < 4.78 is 9.81. The smallest absolute Gasteiger partial charge is 0.407 e. The van der Waals surface area contributed by atoms with Crippen LogP contribution in [0, 0.1) is 0 Å². The van der Waals surface area contributed by atoms with Gasteiger partial charge in [-0.25, -0.2) is 9.78 Å². The molecule has 0 saturated heterocycles. The summed E-state index contributed by atoms with van der Waals surface area (Å²) in [5.41, 5.74) is 0.575. The number of amides is 2. The van der Waals surface area contributed by atoms with Crippen LogP contribution in [-0.2, 0) is 16.1 Å². The molecule has 0 radical (unpaired) electrons. The first-order valence-electron chi connectivity index (χ1n) is 5.83. The maximum Gasteiger partial charge on any atom is 0.407 e. The average Bonchev–Trinajstić information content (AvgIpc) is 2.45. The molecular weight excluding hydrogens is 286 g/mol. The predicted molar refractivity (Wildman–Crippen MR) is 74.0 cm³/mol. The zero-order valence-electron chi connectivity index (χ0n) is 11.3. The summed E-state index contributed by atoms with van der Waals surface area (Å²) >= 11 is 5.39. The maximum atomic E-state index is 11.4. The third kappa shape index (κ3) is 5.02. The first-order chi connectivity index (χ1) is 9.56. The lowest BCUT2D eigenvalue weighted by molar-refractivity contribution is 0.133. The van der Waals surface area contributed by atoms with Gasteiger partial charge in [-0.15, -0.1) is 0 Å². The van der Waals surface area contributed by atoms with Gasteiger partial charge in [0.2, 0.25) is 0 Å². The molecule has 0 fully saturated rings. The second kappa shape index (κ2) is 8.34. The van der Waals surface area contributed by atoms with Crippen molar-refractivity contribution < 1.29 is 19.1 Å². The van der Waals surface area contributed by atoms with Gasteiger partial charge >= 0.3 is 11.5 Å². The first kappa shape index (κ1) is 16.2. The highest BCUT2D eigenvalue weighted by Gasteiger charge is 2.14. The number of methoxy groups -OCH3 is 1. The molecule has 0 aliphatic rings. The molecule has 110 valence electrons. The summed E-state index contributed by atoms with van der Waals surface area (Å²) in [6, 6.07) is 3.37. The zero-order valence-corrected chi connectivity index (χ0v) is 12.0. The highest BCUT2D eigenvalue weighted by molar-refractivity contribution is 6.66. The van der Waals surface area contributed by atoms with Crippen molar-refractivity contribution in [3.8, 4) is 0 Å². The largest absolute Gasteiger partial charge is 0.445 e.